The van der Waals surface area contributed by atoms with E-state index in [4.69, 9.17) is 10.5 Å². The number of nitrogens with one attached hydrogen (secondary N) is 1. The summed E-state index contributed by atoms with van der Waals surface area (Å²) in [5.74, 6) is 0.440. The average Bonchev–Trinajstić information content (AvgIpc) is 2.45. The van der Waals surface area contributed by atoms with Crippen molar-refractivity contribution in [2.45, 2.75) is 77.4 Å². The summed E-state index contributed by atoms with van der Waals surface area (Å²) in [6.45, 7) is 8.17. The summed E-state index contributed by atoms with van der Waals surface area (Å²) in [7, 11) is 0. The van der Waals surface area contributed by atoms with Crippen LogP contribution in [0.4, 0.5) is 0 Å². The second kappa shape index (κ2) is 7.98. The van der Waals surface area contributed by atoms with Gasteiger partial charge in [0.15, 0.2) is 0 Å². The fourth-order valence-corrected chi connectivity index (χ4v) is 3.82. The van der Waals surface area contributed by atoms with E-state index < -0.39 is 5.54 Å². The fourth-order valence-electron chi connectivity index (χ4n) is 3.82. The van der Waals surface area contributed by atoms with Crippen molar-refractivity contribution in [3.05, 3.63) is 0 Å². The van der Waals surface area contributed by atoms with Crippen LogP contribution in [0.15, 0.2) is 0 Å². The molecule has 5 heteroatoms. The van der Waals surface area contributed by atoms with Crippen molar-refractivity contribution in [2.75, 3.05) is 13.2 Å². The minimum absolute atomic E-state index is 0. The van der Waals surface area contributed by atoms with Gasteiger partial charge in [0.05, 0.1) is 11.6 Å². The van der Waals surface area contributed by atoms with Crippen LogP contribution in [-0.2, 0) is 9.53 Å². The third kappa shape index (κ3) is 4.84. The fraction of sp³-hybridized carbons (Fsp3) is 0.941. The lowest BCUT2D eigenvalue weighted by molar-refractivity contribution is -0.129. The van der Waals surface area contributed by atoms with Gasteiger partial charge < -0.3 is 15.8 Å². The molecule has 1 saturated heterocycles. The molecule has 0 spiro atoms. The van der Waals surface area contributed by atoms with Gasteiger partial charge in [-0.3, -0.25) is 4.79 Å². The Balaban J connectivity index is 0.00000242. The summed E-state index contributed by atoms with van der Waals surface area (Å²) in [6, 6.07) is 0. The molecule has 0 aromatic heterocycles. The normalized spacial score (nSPS) is 28.5. The van der Waals surface area contributed by atoms with E-state index in [0.29, 0.717) is 12.5 Å². The molecule has 4 nitrogen and oxygen atoms in total. The molecular weight excluding hydrogens is 300 g/mol. The highest BCUT2D eigenvalue weighted by Gasteiger charge is 2.38. The molecule has 2 atom stereocenters. The number of halogens is 1. The van der Waals surface area contributed by atoms with Crippen molar-refractivity contribution < 1.29 is 9.53 Å². The SMILES string of the molecule is CC(C)(C)C1OCCCC1CNC(=O)C1(N)CCCCC1.Cl. The average molecular weight is 333 g/mol. The van der Waals surface area contributed by atoms with Gasteiger partial charge in [0.2, 0.25) is 5.91 Å². The molecule has 0 aromatic rings. The highest BCUT2D eigenvalue weighted by Crippen LogP contribution is 2.34. The Kier molecular flexibility index (Phi) is 7.16. The number of hydrogen-bond acceptors (Lipinski definition) is 3. The van der Waals surface area contributed by atoms with Crippen molar-refractivity contribution in [3.8, 4) is 0 Å². The molecule has 2 aliphatic rings. The van der Waals surface area contributed by atoms with Gasteiger partial charge in [0.25, 0.3) is 0 Å². The van der Waals surface area contributed by atoms with E-state index in [9.17, 15) is 4.79 Å². The molecule has 1 aliphatic heterocycles. The molecule has 0 bridgehead atoms. The molecule has 3 N–H and O–H groups in total. The molecule has 22 heavy (non-hydrogen) atoms. The lowest BCUT2D eigenvalue weighted by Crippen LogP contribution is -2.56. The number of rotatable bonds is 3. The van der Waals surface area contributed by atoms with Crippen LogP contribution >= 0.6 is 12.4 Å². The highest BCUT2D eigenvalue weighted by molar-refractivity contribution is 5.86. The Labute approximate surface area is 141 Å². The molecular formula is C17H33ClN2O2. The van der Waals surface area contributed by atoms with Crippen molar-refractivity contribution in [1.82, 2.24) is 5.32 Å². The first-order chi connectivity index (χ1) is 9.83. The molecule has 1 heterocycles. The van der Waals surface area contributed by atoms with Gasteiger partial charge in [0, 0.05) is 19.1 Å². The zero-order valence-electron chi connectivity index (χ0n) is 14.3. The third-order valence-corrected chi connectivity index (χ3v) is 5.02. The number of carbonyl (C=O) groups is 1. The van der Waals surface area contributed by atoms with Crippen LogP contribution < -0.4 is 11.1 Å². The van der Waals surface area contributed by atoms with Crippen LogP contribution in [-0.4, -0.2) is 30.7 Å². The van der Waals surface area contributed by atoms with Gasteiger partial charge in [-0.15, -0.1) is 12.4 Å². The Morgan fingerprint density at radius 2 is 1.86 bits per heavy atom. The number of carbonyl (C=O) groups excluding carboxylic acids is 1. The van der Waals surface area contributed by atoms with E-state index in [-0.39, 0.29) is 29.8 Å². The molecule has 2 fully saturated rings. The van der Waals surface area contributed by atoms with Crippen molar-refractivity contribution in [1.29, 1.82) is 0 Å². The summed E-state index contributed by atoms with van der Waals surface area (Å²) in [4.78, 5) is 12.4. The van der Waals surface area contributed by atoms with Crippen LogP contribution in [0.5, 0.6) is 0 Å². The summed E-state index contributed by atoms with van der Waals surface area (Å²) in [5, 5.41) is 3.12. The Hall–Kier alpha value is -0.320. The largest absolute Gasteiger partial charge is 0.377 e. The summed E-state index contributed by atoms with van der Waals surface area (Å²) in [5.41, 5.74) is 5.77. The standard InChI is InChI=1S/C17H32N2O2.ClH/c1-16(2,3)14-13(8-7-11-21-14)12-19-15(20)17(18)9-5-4-6-10-17;/h13-14H,4-12,18H2,1-3H3,(H,19,20);1H. The summed E-state index contributed by atoms with van der Waals surface area (Å²) >= 11 is 0. The quantitative estimate of drug-likeness (QED) is 0.835. The van der Waals surface area contributed by atoms with Crippen molar-refractivity contribution in [3.63, 3.8) is 0 Å². The monoisotopic (exact) mass is 332 g/mol. The number of amides is 1. The second-order valence-corrected chi connectivity index (χ2v) is 7.99. The van der Waals surface area contributed by atoms with Gasteiger partial charge in [-0.05, 0) is 31.1 Å². The van der Waals surface area contributed by atoms with Crippen LogP contribution in [0.2, 0.25) is 0 Å². The minimum atomic E-state index is -0.634. The number of hydrogen-bond donors (Lipinski definition) is 2. The van der Waals surface area contributed by atoms with Crippen LogP contribution in [0.25, 0.3) is 0 Å². The first-order valence-electron chi connectivity index (χ1n) is 8.52. The van der Waals surface area contributed by atoms with E-state index in [0.717, 1.165) is 45.1 Å². The first kappa shape index (κ1) is 19.7. The summed E-state index contributed by atoms with van der Waals surface area (Å²) in [6.07, 6.45) is 7.41. The lowest BCUT2D eigenvalue weighted by Gasteiger charge is -2.41. The molecule has 1 saturated carbocycles. The second-order valence-electron chi connectivity index (χ2n) is 7.99. The maximum Gasteiger partial charge on any atom is 0.240 e. The summed E-state index contributed by atoms with van der Waals surface area (Å²) < 4.78 is 5.98. The van der Waals surface area contributed by atoms with E-state index in [1.807, 2.05) is 0 Å². The maximum absolute atomic E-state index is 12.4. The Morgan fingerprint density at radius 3 is 2.45 bits per heavy atom. The lowest BCUT2D eigenvalue weighted by atomic mass is 9.77. The zero-order valence-corrected chi connectivity index (χ0v) is 15.1. The molecule has 1 amide bonds. The van der Waals surface area contributed by atoms with Gasteiger partial charge in [-0.25, -0.2) is 0 Å². The minimum Gasteiger partial charge on any atom is -0.377 e. The van der Waals surface area contributed by atoms with E-state index in [1.165, 1.54) is 6.42 Å². The predicted molar refractivity (Wildman–Crippen MR) is 92.2 cm³/mol. The molecule has 1 aliphatic carbocycles. The van der Waals surface area contributed by atoms with Crippen LogP contribution in [0.3, 0.4) is 0 Å². The Morgan fingerprint density at radius 1 is 1.23 bits per heavy atom. The third-order valence-electron chi connectivity index (χ3n) is 5.02. The number of ether oxygens (including phenoxy) is 1. The van der Waals surface area contributed by atoms with Crippen molar-refractivity contribution >= 4 is 18.3 Å². The van der Waals surface area contributed by atoms with E-state index in [2.05, 4.69) is 26.1 Å². The smallest absolute Gasteiger partial charge is 0.240 e. The Bertz CT molecular complexity index is 362. The molecule has 2 unspecified atom stereocenters. The molecule has 2 rings (SSSR count). The van der Waals surface area contributed by atoms with Gasteiger partial charge in [-0.2, -0.15) is 0 Å². The highest BCUT2D eigenvalue weighted by atomic mass is 35.5. The number of nitrogens with two attached hydrogens (primary N) is 1. The zero-order chi connectivity index (χ0) is 15.5. The van der Waals surface area contributed by atoms with Crippen molar-refractivity contribution in [2.24, 2.45) is 17.1 Å². The molecule has 130 valence electrons. The van der Waals surface area contributed by atoms with Gasteiger partial charge in [0.1, 0.15) is 0 Å². The predicted octanol–water partition coefficient (Wildman–Crippen LogP) is 3.03. The van der Waals surface area contributed by atoms with E-state index in [1.54, 1.807) is 0 Å². The van der Waals surface area contributed by atoms with Crippen LogP contribution in [0, 0.1) is 11.3 Å². The maximum atomic E-state index is 12.4. The van der Waals surface area contributed by atoms with Crippen LogP contribution in [0.1, 0.15) is 65.7 Å². The van der Waals surface area contributed by atoms with Gasteiger partial charge >= 0.3 is 0 Å². The molecule has 0 radical (unpaired) electrons. The molecule has 0 aromatic carbocycles. The van der Waals surface area contributed by atoms with E-state index >= 15 is 0 Å². The topological polar surface area (TPSA) is 64.3 Å². The first-order valence-corrected chi connectivity index (χ1v) is 8.52. The van der Waals surface area contributed by atoms with Gasteiger partial charge in [-0.1, -0.05) is 40.0 Å².